The Kier molecular flexibility index (Phi) is 7.59. The highest BCUT2D eigenvalue weighted by Gasteiger charge is 2.10. The van der Waals surface area contributed by atoms with E-state index in [0.717, 1.165) is 6.42 Å². The molecule has 4 heteroatoms. The first-order chi connectivity index (χ1) is 6.22. The van der Waals surface area contributed by atoms with Gasteiger partial charge in [-0.25, -0.2) is 4.39 Å². The first kappa shape index (κ1) is 12.4. The molecule has 3 nitrogen and oxygen atoms in total. The maximum Gasteiger partial charge on any atom is 0.308 e. The summed E-state index contributed by atoms with van der Waals surface area (Å²) < 4.78 is 21.2. The monoisotopic (exact) mass is 192 g/mol. The number of ether oxygens (including phenoxy) is 2. The average molecular weight is 192 g/mol. The summed E-state index contributed by atoms with van der Waals surface area (Å²) in [7, 11) is 0. The summed E-state index contributed by atoms with van der Waals surface area (Å²) in [5.41, 5.74) is 0. The number of rotatable bonds is 7. The van der Waals surface area contributed by atoms with Crippen molar-refractivity contribution in [1.82, 2.24) is 0 Å². The van der Waals surface area contributed by atoms with Gasteiger partial charge in [0, 0.05) is 0 Å². The van der Waals surface area contributed by atoms with Gasteiger partial charge in [0.15, 0.2) is 0 Å². The molecule has 1 atom stereocenters. The second-order valence-electron chi connectivity index (χ2n) is 2.78. The van der Waals surface area contributed by atoms with Crippen LogP contribution in [0.1, 0.15) is 20.3 Å². The van der Waals surface area contributed by atoms with Crippen LogP contribution in [-0.4, -0.2) is 32.5 Å². The average Bonchev–Trinajstić information content (AvgIpc) is 2.16. The lowest BCUT2D eigenvalue weighted by Crippen LogP contribution is -2.17. The summed E-state index contributed by atoms with van der Waals surface area (Å²) in [6, 6.07) is 0. The third-order valence-corrected chi connectivity index (χ3v) is 1.71. The molecule has 0 N–H and O–H groups in total. The Bertz CT molecular complexity index is 139. The molecule has 0 aliphatic carbocycles. The van der Waals surface area contributed by atoms with Crippen LogP contribution in [0.3, 0.4) is 0 Å². The first-order valence-corrected chi connectivity index (χ1v) is 4.52. The molecule has 0 aromatic carbocycles. The van der Waals surface area contributed by atoms with Gasteiger partial charge in [-0.1, -0.05) is 13.8 Å². The molecule has 0 aromatic heterocycles. The highest BCUT2D eigenvalue weighted by atomic mass is 19.1. The minimum Gasteiger partial charge on any atom is -0.463 e. The lowest BCUT2D eigenvalue weighted by Gasteiger charge is -2.08. The predicted octanol–water partition coefficient (Wildman–Crippen LogP) is 1.56. The van der Waals surface area contributed by atoms with Gasteiger partial charge in [-0.3, -0.25) is 4.79 Å². The normalized spacial score (nSPS) is 12.5. The Morgan fingerprint density at radius 1 is 1.38 bits per heavy atom. The van der Waals surface area contributed by atoms with Gasteiger partial charge in [-0.05, 0) is 6.42 Å². The molecule has 78 valence electrons. The molecule has 0 amide bonds. The number of alkyl halides is 1. The highest BCUT2D eigenvalue weighted by molar-refractivity contribution is 5.71. The van der Waals surface area contributed by atoms with Crippen molar-refractivity contribution in [2.45, 2.75) is 20.3 Å². The van der Waals surface area contributed by atoms with Crippen LogP contribution in [-0.2, 0) is 14.3 Å². The van der Waals surface area contributed by atoms with Gasteiger partial charge < -0.3 is 9.47 Å². The van der Waals surface area contributed by atoms with Gasteiger partial charge in [0.25, 0.3) is 0 Å². The number of halogens is 1. The van der Waals surface area contributed by atoms with Crippen LogP contribution in [0.5, 0.6) is 0 Å². The molecule has 0 aromatic rings. The third kappa shape index (κ3) is 6.51. The molecule has 0 radical (unpaired) electrons. The van der Waals surface area contributed by atoms with Crippen LogP contribution >= 0.6 is 0 Å². The lowest BCUT2D eigenvalue weighted by molar-refractivity contribution is -0.149. The van der Waals surface area contributed by atoms with Gasteiger partial charge in [-0.2, -0.15) is 0 Å². The zero-order valence-electron chi connectivity index (χ0n) is 8.22. The van der Waals surface area contributed by atoms with E-state index < -0.39 is 6.67 Å². The van der Waals surface area contributed by atoms with E-state index >= 15 is 0 Å². The zero-order valence-corrected chi connectivity index (χ0v) is 8.22. The summed E-state index contributed by atoms with van der Waals surface area (Å²) in [5.74, 6) is -0.285. The Morgan fingerprint density at radius 3 is 2.62 bits per heavy atom. The molecular formula is C9H17FO3. The summed E-state index contributed by atoms with van der Waals surface area (Å²) in [6.07, 6.45) is 0.768. The van der Waals surface area contributed by atoms with Crippen molar-refractivity contribution in [1.29, 1.82) is 0 Å². The van der Waals surface area contributed by atoms with E-state index in [1.54, 1.807) is 0 Å². The smallest absolute Gasteiger partial charge is 0.308 e. The quantitative estimate of drug-likeness (QED) is 0.453. The van der Waals surface area contributed by atoms with Crippen LogP contribution in [0, 0.1) is 5.92 Å². The molecule has 0 heterocycles. The van der Waals surface area contributed by atoms with Gasteiger partial charge in [0.05, 0.1) is 19.1 Å². The molecule has 0 rings (SSSR count). The SMILES string of the molecule is CCC(C)C(=O)OCCOCCF. The maximum absolute atomic E-state index is 11.5. The summed E-state index contributed by atoms with van der Waals surface area (Å²) in [4.78, 5) is 11.1. The van der Waals surface area contributed by atoms with E-state index in [2.05, 4.69) is 0 Å². The standard InChI is InChI=1S/C9H17FO3/c1-3-8(2)9(11)13-7-6-12-5-4-10/h8H,3-7H2,1-2H3. The lowest BCUT2D eigenvalue weighted by atomic mass is 10.1. The van der Waals surface area contributed by atoms with Crippen LogP contribution in [0.4, 0.5) is 4.39 Å². The molecule has 0 fully saturated rings. The second-order valence-corrected chi connectivity index (χ2v) is 2.78. The minimum absolute atomic E-state index is 0.0684. The van der Waals surface area contributed by atoms with Gasteiger partial charge >= 0.3 is 5.97 Å². The van der Waals surface area contributed by atoms with Gasteiger partial charge in [0.2, 0.25) is 0 Å². The fraction of sp³-hybridized carbons (Fsp3) is 0.889. The summed E-state index contributed by atoms with van der Waals surface area (Å²) in [6.45, 7) is 3.78. The van der Waals surface area contributed by atoms with Crippen LogP contribution < -0.4 is 0 Å². The molecule has 13 heavy (non-hydrogen) atoms. The van der Waals surface area contributed by atoms with Crippen molar-refractivity contribution < 1.29 is 18.7 Å². The van der Waals surface area contributed by atoms with E-state index in [4.69, 9.17) is 9.47 Å². The van der Waals surface area contributed by atoms with E-state index in [0.29, 0.717) is 0 Å². The summed E-state index contributed by atoms with van der Waals surface area (Å²) >= 11 is 0. The van der Waals surface area contributed by atoms with E-state index in [9.17, 15) is 9.18 Å². The molecule has 0 aliphatic heterocycles. The van der Waals surface area contributed by atoms with Crippen LogP contribution in [0.25, 0.3) is 0 Å². The van der Waals surface area contributed by atoms with E-state index in [1.165, 1.54) is 0 Å². The largest absolute Gasteiger partial charge is 0.463 e. The molecular weight excluding hydrogens is 175 g/mol. The van der Waals surface area contributed by atoms with E-state index in [1.807, 2.05) is 13.8 Å². The number of esters is 1. The van der Waals surface area contributed by atoms with Gasteiger partial charge in [-0.15, -0.1) is 0 Å². The Morgan fingerprint density at radius 2 is 2.08 bits per heavy atom. The third-order valence-electron chi connectivity index (χ3n) is 1.71. The van der Waals surface area contributed by atoms with Crippen molar-refractivity contribution in [3.63, 3.8) is 0 Å². The van der Waals surface area contributed by atoms with Crippen molar-refractivity contribution in [3.05, 3.63) is 0 Å². The fourth-order valence-corrected chi connectivity index (χ4v) is 0.667. The zero-order chi connectivity index (χ0) is 10.1. The highest BCUT2D eigenvalue weighted by Crippen LogP contribution is 2.02. The van der Waals surface area contributed by atoms with Crippen LogP contribution in [0.2, 0.25) is 0 Å². The predicted molar refractivity (Wildman–Crippen MR) is 47.2 cm³/mol. The Hall–Kier alpha value is -0.640. The number of carbonyl (C=O) groups is 1. The van der Waals surface area contributed by atoms with Crippen molar-refractivity contribution in [3.8, 4) is 0 Å². The van der Waals surface area contributed by atoms with Crippen molar-refractivity contribution >= 4 is 5.97 Å². The fourth-order valence-electron chi connectivity index (χ4n) is 0.667. The first-order valence-electron chi connectivity index (χ1n) is 4.52. The number of hydrogen-bond donors (Lipinski definition) is 0. The topological polar surface area (TPSA) is 35.5 Å². The molecule has 0 aliphatic rings. The molecule has 0 saturated heterocycles. The molecule has 0 saturated carbocycles. The number of carbonyl (C=O) groups excluding carboxylic acids is 1. The minimum atomic E-state index is -0.501. The van der Waals surface area contributed by atoms with Crippen LogP contribution in [0.15, 0.2) is 0 Å². The summed E-state index contributed by atoms with van der Waals surface area (Å²) in [5, 5.41) is 0. The molecule has 0 bridgehead atoms. The van der Waals surface area contributed by atoms with E-state index in [-0.39, 0.29) is 31.7 Å². The molecule has 0 spiro atoms. The van der Waals surface area contributed by atoms with Crippen molar-refractivity contribution in [2.75, 3.05) is 26.5 Å². The number of hydrogen-bond acceptors (Lipinski definition) is 3. The molecule has 1 unspecified atom stereocenters. The second kappa shape index (κ2) is 7.98. The Labute approximate surface area is 78.2 Å². The Balaban J connectivity index is 3.27. The maximum atomic E-state index is 11.5. The van der Waals surface area contributed by atoms with Gasteiger partial charge in [0.1, 0.15) is 13.3 Å². The van der Waals surface area contributed by atoms with Crippen molar-refractivity contribution in [2.24, 2.45) is 5.92 Å².